The van der Waals surface area contributed by atoms with Crippen molar-refractivity contribution in [2.45, 2.75) is 26.4 Å². The van der Waals surface area contributed by atoms with E-state index < -0.39 is 0 Å². The average molecular weight is 187 g/mol. The minimum atomic E-state index is -0.333. The van der Waals surface area contributed by atoms with Crippen LogP contribution in [-0.2, 0) is 14.4 Å². The standard InChI is InChI=1S/C9H17NO3/c1-9(2)5-7(13-6-9)8(11)10(3)12-4/h7H,5-6H2,1-4H3/t7-/m0/s1. The van der Waals surface area contributed by atoms with E-state index in [2.05, 4.69) is 13.8 Å². The van der Waals surface area contributed by atoms with Crippen LogP contribution in [0.5, 0.6) is 0 Å². The molecule has 0 bridgehead atoms. The predicted molar refractivity (Wildman–Crippen MR) is 47.9 cm³/mol. The molecule has 1 atom stereocenters. The molecule has 4 nitrogen and oxygen atoms in total. The van der Waals surface area contributed by atoms with E-state index in [1.165, 1.54) is 12.2 Å². The van der Waals surface area contributed by atoms with Gasteiger partial charge in [0.15, 0.2) is 0 Å². The Morgan fingerprint density at radius 3 is 2.62 bits per heavy atom. The van der Waals surface area contributed by atoms with E-state index in [9.17, 15) is 4.79 Å². The third kappa shape index (κ3) is 2.42. The molecule has 76 valence electrons. The second-order valence-corrected chi connectivity index (χ2v) is 4.19. The van der Waals surface area contributed by atoms with Crippen LogP contribution in [0.3, 0.4) is 0 Å². The van der Waals surface area contributed by atoms with Gasteiger partial charge in [-0.1, -0.05) is 13.8 Å². The van der Waals surface area contributed by atoms with E-state index in [0.717, 1.165) is 6.42 Å². The fraction of sp³-hybridized carbons (Fsp3) is 0.889. The summed E-state index contributed by atoms with van der Waals surface area (Å²) in [6.07, 6.45) is 0.430. The van der Waals surface area contributed by atoms with Gasteiger partial charge in [-0.05, 0) is 11.8 Å². The molecule has 1 saturated heterocycles. The van der Waals surface area contributed by atoms with Gasteiger partial charge in [0.1, 0.15) is 6.10 Å². The Hall–Kier alpha value is -0.610. The predicted octanol–water partition coefficient (Wildman–Crippen LogP) is 0.821. The first-order valence-electron chi connectivity index (χ1n) is 4.39. The molecule has 0 radical (unpaired) electrons. The third-order valence-electron chi connectivity index (χ3n) is 2.27. The molecule has 1 aliphatic rings. The van der Waals surface area contributed by atoms with Crippen molar-refractivity contribution in [3.63, 3.8) is 0 Å². The van der Waals surface area contributed by atoms with Crippen LogP contribution in [-0.4, -0.2) is 37.8 Å². The van der Waals surface area contributed by atoms with Crippen LogP contribution in [0.2, 0.25) is 0 Å². The van der Waals surface area contributed by atoms with Gasteiger partial charge in [-0.2, -0.15) is 0 Å². The number of carbonyl (C=O) groups excluding carboxylic acids is 1. The lowest BCUT2D eigenvalue weighted by molar-refractivity contribution is -0.178. The van der Waals surface area contributed by atoms with Gasteiger partial charge >= 0.3 is 0 Å². The highest BCUT2D eigenvalue weighted by atomic mass is 16.7. The summed E-state index contributed by atoms with van der Waals surface area (Å²) in [5.74, 6) is -0.104. The topological polar surface area (TPSA) is 38.8 Å². The maximum atomic E-state index is 11.5. The Morgan fingerprint density at radius 2 is 2.23 bits per heavy atom. The molecular weight excluding hydrogens is 170 g/mol. The van der Waals surface area contributed by atoms with Crippen molar-refractivity contribution >= 4 is 5.91 Å². The summed E-state index contributed by atoms with van der Waals surface area (Å²) in [6.45, 7) is 4.82. The van der Waals surface area contributed by atoms with Gasteiger partial charge in [0.25, 0.3) is 5.91 Å². The Kier molecular flexibility index (Phi) is 2.93. The van der Waals surface area contributed by atoms with Crippen LogP contribution in [0.4, 0.5) is 0 Å². The molecular formula is C9H17NO3. The highest BCUT2D eigenvalue weighted by Crippen LogP contribution is 2.31. The number of likely N-dealkylation sites (N-methyl/N-ethyl adjacent to an activating group) is 1. The molecule has 13 heavy (non-hydrogen) atoms. The number of ether oxygens (including phenoxy) is 1. The first-order chi connectivity index (χ1) is 5.96. The molecule has 0 aromatic rings. The SMILES string of the molecule is CON(C)C(=O)[C@@H]1CC(C)(C)CO1. The maximum absolute atomic E-state index is 11.5. The summed E-state index contributed by atoms with van der Waals surface area (Å²) in [5, 5.41) is 1.21. The van der Waals surface area contributed by atoms with Crippen LogP contribution >= 0.6 is 0 Å². The van der Waals surface area contributed by atoms with Crippen molar-refractivity contribution in [2.75, 3.05) is 20.8 Å². The minimum Gasteiger partial charge on any atom is -0.368 e. The summed E-state index contributed by atoms with van der Waals surface area (Å²) in [6, 6.07) is 0. The number of nitrogens with zero attached hydrogens (tertiary/aromatic N) is 1. The molecule has 1 rings (SSSR count). The number of hydroxylamine groups is 2. The first-order valence-corrected chi connectivity index (χ1v) is 4.39. The molecule has 1 aliphatic heterocycles. The quantitative estimate of drug-likeness (QED) is 0.601. The maximum Gasteiger partial charge on any atom is 0.274 e. The van der Waals surface area contributed by atoms with E-state index in [4.69, 9.17) is 9.57 Å². The molecule has 0 aromatic carbocycles. The normalized spacial score (nSPS) is 26.0. The first kappa shape index (κ1) is 10.5. The third-order valence-corrected chi connectivity index (χ3v) is 2.27. The van der Waals surface area contributed by atoms with E-state index in [0.29, 0.717) is 6.61 Å². The van der Waals surface area contributed by atoms with E-state index in [1.807, 2.05) is 0 Å². The minimum absolute atomic E-state index is 0.104. The monoisotopic (exact) mass is 187 g/mol. The van der Waals surface area contributed by atoms with Gasteiger partial charge in [0.2, 0.25) is 0 Å². The zero-order chi connectivity index (χ0) is 10.1. The summed E-state index contributed by atoms with van der Waals surface area (Å²) in [5.41, 5.74) is 0.106. The van der Waals surface area contributed by atoms with Gasteiger partial charge in [0.05, 0.1) is 13.7 Å². The number of hydrogen-bond donors (Lipinski definition) is 0. The molecule has 4 heteroatoms. The lowest BCUT2D eigenvalue weighted by Crippen LogP contribution is -2.35. The van der Waals surface area contributed by atoms with Crippen LogP contribution in [0.15, 0.2) is 0 Å². The summed E-state index contributed by atoms with van der Waals surface area (Å²) < 4.78 is 5.38. The zero-order valence-electron chi connectivity index (χ0n) is 8.66. The van der Waals surface area contributed by atoms with Gasteiger partial charge in [0, 0.05) is 7.05 Å². The molecule has 0 unspecified atom stereocenters. The van der Waals surface area contributed by atoms with E-state index in [-0.39, 0.29) is 17.4 Å². The molecule has 1 fully saturated rings. The van der Waals surface area contributed by atoms with Gasteiger partial charge in [-0.25, -0.2) is 5.06 Å². The van der Waals surface area contributed by atoms with Crippen molar-refractivity contribution in [3.8, 4) is 0 Å². The Balaban J connectivity index is 2.51. The highest BCUT2D eigenvalue weighted by Gasteiger charge is 2.37. The van der Waals surface area contributed by atoms with Crippen LogP contribution in [0, 0.1) is 5.41 Å². The fourth-order valence-electron chi connectivity index (χ4n) is 1.40. The lowest BCUT2D eigenvalue weighted by Gasteiger charge is -2.18. The van der Waals surface area contributed by atoms with E-state index >= 15 is 0 Å². The smallest absolute Gasteiger partial charge is 0.274 e. The molecule has 0 aliphatic carbocycles. The molecule has 0 aromatic heterocycles. The van der Waals surface area contributed by atoms with Gasteiger partial charge in [-0.3, -0.25) is 9.63 Å². The number of rotatable bonds is 2. The summed E-state index contributed by atoms with van der Waals surface area (Å²) >= 11 is 0. The van der Waals surface area contributed by atoms with Crippen molar-refractivity contribution in [1.29, 1.82) is 0 Å². The van der Waals surface area contributed by atoms with Crippen LogP contribution < -0.4 is 0 Å². The highest BCUT2D eigenvalue weighted by molar-refractivity contribution is 5.80. The Labute approximate surface area is 78.8 Å². The zero-order valence-corrected chi connectivity index (χ0v) is 8.66. The molecule has 0 N–H and O–H groups in total. The van der Waals surface area contributed by atoms with Crippen LogP contribution in [0.25, 0.3) is 0 Å². The largest absolute Gasteiger partial charge is 0.368 e. The molecule has 0 spiro atoms. The van der Waals surface area contributed by atoms with Crippen molar-refractivity contribution in [2.24, 2.45) is 5.41 Å². The second kappa shape index (κ2) is 3.64. The molecule has 0 saturated carbocycles. The fourth-order valence-corrected chi connectivity index (χ4v) is 1.40. The van der Waals surface area contributed by atoms with Gasteiger partial charge < -0.3 is 4.74 Å². The second-order valence-electron chi connectivity index (χ2n) is 4.19. The number of hydrogen-bond acceptors (Lipinski definition) is 3. The summed E-state index contributed by atoms with van der Waals surface area (Å²) in [7, 11) is 3.06. The van der Waals surface area contributed by atoms with Crippen molar-refractivity contribution in [3.05, 3.63) is 0 Å². The average Bonchev–Trinajstić information content (AvgIpc) is 2.43. The lowest BCUT2D eigenvalue weighted by atomic mass is 9.90. The van der Waals surface area contributed by atoms with Crippen molar-refractivity contribution in [1.82, 2.24) is 5.06 Å². The summed E-state index contributed by atoms with van der Waals surface area (Å²) in [4.78, 5) is 16.3. The number of carbonyl (C=O) groups is 1. The Bertz CT molecular complexity index is 203. The van der Waals surface area contributed by atoms with E-state index in [1.54, 1.807) is 7.05 Å². The van der Waals surface area contributed by atoms with Gasteiger partial charge in [-0.15, -0.1) is 0 Å². The van der Waals surface area contributed by atoms with Crippen LogP contribution in [0.1, 0.15) is 20.3 Å². The Morgan fingerprint density at radius 1 is 1.62 bits per heavy atom. The van der Waals surface area contributed by atoms with Crippen molar-refractivity contribution < 1.29 is 14.4 Å². The molecule has 1 heterocycles. The number of amides is 1. The molecule has 1 amide bonds.